The number of likely N-dealkylation sites (tertiary alicyclic amines) is 1. The maximum absolute atomic E-state index is 4.89. The Morgan fingerprint density at radius 1 is 1.13 bits per heavy atom. The van der Waals surface area contributed by atoms with E-state index < -0.39 is 0 Å². The summed E-state index contributed by atoms with van der Waals surface area (Å²) in [5.41, 5.74) is 3.08. The van der Waals surface area contributed by atoms with Crippen LogP contribution in [0.25, 0.3) is 16.9 Å². The van der Waals surface area contributed by atoms with Crippen LogP contribution in [0.3, 0.4) is 0 Å². The Labute approximate surface area is 136 Å². The maximum Gasteiger partial charge on any atom is 0.164 e. The van der Waals surface area contributed by atoms with Gasteiger partial charge in [-0.05, 0) is 56.6 Å². The zero-order valence-corrected chi connectivity index (χ0v) is 13.5. The molecule has 1 unspecified atom stereocenters. The summed E-state index contributed by atoms with van der Waals surface area (Å²) in [4.78, 5) is 11.9. The average molecular weight is 306 g/mol. The Balaban J connectivity index is 1.76. The van der Waals surface area contributed by atoms with Gasteiger partial charge in [-0.1, -0.05) is 18.2 Å². The van der Waals surface area contributed by atoms with Gasteiger partial charge in [-0.2, -0.15) is 0 Å². The highest BCUT2D eigenvalue weighted by Gasteiger charge is 2.21. The second-order valence-electron chi connectivity index (χ2n) is 6.52. The molecule has 1 aromatic carbocycles. The smallest absolute Gasteiger partial charge is 0.164 e. The molecule has 0 aliphatic carbocycles. The molecule has 2 aromatic heterocycles. The Morgan fingerprint density at radius 3 is 2.83 bits per heavy atom. The third-order valence-corrected chi connectivity index (χ3v) is 4.69. The van der Waals surface area contributed by atoms with Crippen molar-refractivity contribution in [3.63, 3.8) is 0 Å². The van der Waals surface area contributed by atoms with Gasteiger partial charge in [0.1, 0.15) is 11.3 Å². The molecule has 1 saturated heterocycles. The summed E-state index contributed by atoms with van der Waals surface area (Å²) in [6.45, 7) is 2.37. The van der Waals surface area contributed by atoms with Gasteiger partial charge < -0.3 is 4.90 Å². The molecule has 4 heteroatoms. The number of hydrogen-bond donors (Lipinski definition) is 0. The van der Waals surface area contributed by atoms with Crippen LogP contribution in [0.2, 0.25) is 0 Å². The average Bonchev–Trinajstić information content (AvgIpc) is 2.93. The molecule has 0 spiro atoms. The molecule has 1 fully saturated rings. The zero-order chi connectivity index (χ0) is 15.6. The fourth-order valence-electron chi connectivity index (χ4n) is 3.64. The number of para-hydroxylation sites is 1. The molecule has 4 rings (SSSR count). The van der Waals surface area contributed by atoms with Crippen LogP contribution in [0.4, 0.5) is 0 Å². The molecule has 3 heterocycles. The van der Waals surface area contributed by atoms with Gasteiger partial charge in [-0.25, -0.2) is 9.97 Å². The summed E-state index contributed by atoms with van der Waals surface area (Å²) in [5, 5.41) is 0. The third-order valence-electron chi connectivity index (χ3n) is 4.69. The fourth-order valence-corrected chi connectivity index (χ4v) is 3.64. The van der Waals surface area contributed by atoms with Gasteiger partial charge in [-0.3, -0.25) is 4.57 Å². The Hall–Kier alpha value is -2.20. The van der Waals surface area contributed by atoms with Gasteiger partial charge in [0.2, 0.25) is 0 Å². The number of imidazole rings is 1. The minimum atomic E-state index is 0.674. The van der Waals surface area contributed by atoms with Crippen molar-refractivity contribution >= 4 is 11.2 Å². The monoisotopic (exact) mass is 306 g/mol. The van der Waals surface area contributed by atoms with E-state index in [-0.39, 0.29) is 0 Å². The van der Waals surface area contributed by atoms with E-state index in [1.165, 1.54) is 19.4 Å². The van der Waals surface area contributed by atoms with Crippen molar-refractivity contribution in [2.75, 3.05) is 20.1 Å². The molecule has 1 atom stereocenters. The summed E-state index contributed by atoms with van der Waals surface area (Å²) >= 11 is 0. The summed E-state index contributed by atoms with van der Waals surface area (Å²) in [6.07, 6.45) is 5.43. The quantitative estimate of drug-likeness (QED) is 0.744. The lowest BCUT2D eigenvalue weighted by atomic mass is 9.95. The van der Waals surface area contributed by atoms with Crippen LogP contribution < -0.4 is 0 Å². The molecule has 0 amide bonds. The number of pyridine rings is 1. The highest BCUT2D eigenvalue weighted by Crippen LogP contribution is 2.25. The van der Waals surface area contributed by atoms with E-state index in [0.29, 0.717) is 5.92 Å². The molecule has 23 heavy (non-hydrogen) atoms. The Bertz CT molecular complexity index is 793. The molecular formula is C19H22N4. The van der Waals surface area contributed by atoms with Gasteiger partial charge >= 0.3 is 0 Å². The van der Waals surface area contributed by atoms with Gasteiger partial charge in [0.15, 0.2) is 5.65 Å². The molecule has 4 nitrogen and oxygen atoms in total. The van der Waals surface area contributed by atoms with Crippen molar-refractivity contribution in [1.29, 1.82) is 0 Å². The molecule has 0 N–H and O–H groups in total. The normalized spacial score (nSPS) is 19.3. The second-order valence-corrected chi connectivity index (χ2v) is 6.52. The van der Waals surface area contributed by atoms with Crippen molar-refractivity contribution in [2.45, 2.75) is 19.3 Å². The van der Waals surface area contributed by atoms with Crippen molar-refractivity contribution < 1.29 is 0 Å². The van der Waals surface area contributed by atoms with Crippen LogP contribution in [0, 0.1) is 5.92 Å². The molecule has 0 saturated carbocycles. The first-order chi connectivity index (χ1) is 11.3. The Kier molecular flexibility index (Phi) is 3.83. The van der Waals surface area contributed by atoms with Crippen molar-refractivity contribution in [2.24, 2.45) is 5.92 Å². The minimum Gasteiger partial charge on any atom is -0.306 e. The molecule has 0 radical (unpaired) electrons. The van der Waals surface area contributed by atoms with Gasteiger partial charge in [-0.15, -0.1) is 0 Å². The van der Waals surface area contributed by atoms with Gasteiger partial charge in [0, 0.05) is 24.8 Å². The van der Waals surface area contributed by atoms with Crippen LogP contribution >= 0.6 is 0 Å². The number of hydrogen-bond acceptors (Lipinski definition) is 3. The van der Waals surface area contributed by atoms with E-state index in [0.717, 1.165) is 35.6 Å². The molecule has 118 valence electrons. The van der Waals surface area contributed by atoms with Gasteiger partial charge in [0.25, 0.3) is 0 Å². The van der Waals surface area contributed by atoms with E-state index in [2.05, 4.69) is 51.8 Å². The highest BCUT2D eigenvalue weighted by atomic mass is 15.1. The predicted molar refractivity (Wildman–Crippen MR) is 92.8 cm³/mol. The predicted octanol–water partition coefficient (Wildman–Crippen LogP) is 3.30. The second kappa shape index (κ2) is 6.13. The maximum atomic E-state index is 4.89. The third kappa shape index (κ3) is 2.86. The molecule has 3 aromatic rings. The zero-order valence-electron chi connectivity index (χ0n) is 13.5. The van der Waals surface area contributed by atoms with Crippen LogP contribution in [-0.4, -0.2) is 39.6 Å². The standard InChI is InChI=1S/C19H22N4/c1-22-12-6-7-15(14-22)13-18-21-17-10-5-11-20-19(17)23(18)16-8-3-2-4-9-16/h2-5,8-11,15H,6-7,12-14H2,1H3. The number of benzene rings is 1. The molecule has 0 bridgehead atoms. The van der Waals surface area contributed by atoms with Crippen LogP contribution in [0.5, 0.6) is 0 Å². The largest absolute Gasteiger partial charge is 0.306 e. The number of fused-ring (bicyclic) bond motifs is 1. The summed E-state index contributed by atoms with van der Waals surface area (Å²) in [5.74, 6) is 1.80. The minimum absolute atomic E-state index is 0.674. The SMILES string of the molecule is CN1CCCC(Cc2nc3cccnc3n2-c2ccccc2)C1. The van der Waals surface area contributed by atoms with E-state index in [1.54, 1.807) is 0 Å². The lowest BCUT2D eigenvalue weighted by Crippen LogP contribution is -2.33. The summed E-state index contributed by atoms with van der Waals surface area (Å²) in [7, 11) is 2.22. The van der Waals surface area contributed by atoms with Crippen LogP contribution in [-0.2, 0) is 6.42 Å². The van der Waals surface area contributed by atoms with E-state index in [4.69, 9.17) is 4.98 Å². The summed E-state index contributed by atoms with van der Waals surface area (Å²) in [6, 6.07) is 14.5. The molecule has 1 aliphatic rings. The number of nitrogens with zero attached hydrogens (tertiary/aromatic N) is 4. The first-order valence-electron chi connectivity index (χ1n) is 8.37. The van der Waals surface area contributed by atoms with Crippen molar-refractivity contribution in [1.82, 2.24) is 19.4 Å². The lowest BCUT2D eigenvalue weighted by Gasteiger charge is -2.29. The number of rotatable bonds is 3. The number of piperidine rings is 1. The first kappa shape index (κ1) is 14.4. The summed E-state index contributed by atoms with van der Waals surface area (Å²) < 4.78 is 2.23. The van der Waals surface area contributed by atoms with Crippen molar-refractivity contribution in [3.8, 4) is 5.69 Å². The van der Waals surface area contributed by atoms with E-state index in [1.807, 2.05) is 18.3 Å². The lowest BCUT2D eigenvalue weighted by molar-refractivity contribution is 0.207. The van der Waals surface area contributed by atoms with E-state index >= 15 is 0 Å². The first-order valence-corrected chi connectivity index (χ1v) is 8.37. The highest BCUT2D eigenvalue weighted by molar-refractivity contribution is 5.73. The van der Waals surface area contributed by atoms with Crippen LogP contribution in [0.1, 0.15) is 18.7 Å². The molecule has 1 aliphatic heterocycles. The molecular weight excluding hydrogens is 284 g/mol. The van der Waals surface area contributed by atoms with Gasteiger partial charge in [0.05, 0.1) is 0 Å². The van der Waals surface area contributed by atoms with Crippen LogP contribution in [0.15, 0.2) is 48.7 Å². The topological polar surface area (TPSA) is 34.0 Å². The van der Waals surface area contributed by atoms with Crippen molar-refractivity contribution in [3.05, 3.63) is 54.5 Å². The van der Waals surface area contributed by atoms with E-state index in [9.17, 15) is 0 Å². The Morgan fingerprint density at radius 2 is 2.00 bits per heavy atom. The number of aromatic nitrogens is 3. The fraction of sp³-hybridized carbons (Fsp3) is 0.368.